The van der Waals surface area contributed by atoms with E-state index in [1.807, 2.05) is 12.4 Å². The van der Waals surface area contributed by atoms with Crippen molar-refractivity contribution in [2.45, 2.75) is 19.1 Å². The van der Waals surface area contributed by atoms with E-state index in [0.717, 1.165) is 25.2 Å². The number of aromatic nitrogens is 2. The minimum atomic E-state index is 0.0985. The fourth-order valence-electron chi connectivity index (χ4n) is 2.75. The Balaban J connectivity index is 1.94. The topological polar surface area (TPSA) is 70.6 Å². The third-order valence-electron chi connectivity index (χ3n) is 4.03. The summed E-state index contributed by atoms with van der Waals surface area (Å²) in [6, 6.07) is 0. The third-order valence-corrected chi connectivity index (χ3v) is 4.03. The normalized spacial score (nSPS) is 21.8. The number of anilines is 1. The van der Waals surface area contributed by atoms with Crippen LogP contribution in [-0.4, -0.2) is 73.1 Å². The second-order valence-corrected chi connectivity index (χ2v) is 5.89. The van der Waals surface area contributed by atoms with Gasteiger partial charge >= 0.3 is 0 Å². The van der Waals surface area contributed by atoms with Gasteiger partial charge in [-0.2, -0.15) is 0 Å². The Morgan fingerprint density at radius 2 is 2.09 bits per heavy atom. The van der Waals surface area contributed by atoms with Gasteiger partial charge in [-0.3, -0.25) is 9.69 Å². The van der Waals surface area contributed by atoms with Crippen molar-refractivity contribution in [3.63, 3.8) is 0 Å². The van der Waals surface area contributed by atoms with E-state index in [2.05, 4.69) is 20.2 Å². The van der Waals surface area contributed by atoms with Crippen LogP contribution < -0.4 is 5.32 Å². The molecule has 0 radical (unpaired) electrons. The molecule has 2 heterocycles. The van der Waals surface area contributed by atoms with Crippen LogP contribution in [0.5, 0.6) is 0 Å². The highest BCUT2D eigenvalue weighted by Gasteiger charge is 2.34. The fourth-order valence-corrected chi connectivity index (χ4v) is 2.75. The van der Waals surface area contributed by atoms with Gasteiger partial charge in [0.05, 0.1) is 6.10 Å². The van der Waals surface area contributed by atoms with Crippen molar-refractivity contribution in [2.24, 2.45) is 5.92 Å². The molecule has 7 nitrogen and oxygen atoms in total. The molecule has 2 rings (SSSR count). The summed E-state index contributed by atoms with van der Waals surface area (Å²) in [5.41, 5.74) is 1.06. The summed E-state index contributed by atoms with van der Waals surface area (Å²) < 4.78 is 5.56. The predicted molar refractivity (Wildman–Crippen MR) is 84.5 cm³/mol. The molecule has 0 saturated carbocycles. The summed E-state index contributed by atoms with van der Waals surface area (Å²) in [4.78, 5) is 24.3. The molecule has 0 spiro atoms. The molecule has 7 heteroatoms. The van der Waals surface area contributed by atoms with Gasteiger partial charge in [-0.05, 0) is 0 Å². The summed E-state index contributed by atoms with van der Waals surface area (Å²) in [5, 5.41) is 2.91. The number of likely N-dealkylation sites (tertiary alicyclic amines) is 1. The lowest BCUT2D eigenvalue weighted by molar-refractivity contribution is -0.130. The Morgan fingerprint density at radius 3 is 2.64 bits per heavy atom. The van der Waals surface area contributed by atoms with Gasteiger partial charge in [0.15, 0.2) is 0 Å². The highest BCUT2D eigenvalue weighted by Crippen LogP contribution is 2.24. The maximum atomic E-state index is 11.9. The van der Waals surface area contributed by atoms with Crippen LogP contribution in [0, 0.1) is 5.92 Å². The third kappa shape index (κ3) is 4.14. The smallest absolute Gasteiger partial charge is 0.222 e. The quantitative estimate of drug-likeness (QED) is 0.822. The van der Waals surface area contributed by atoms with Gasteiger partial charge < -0.3 is 15.0 Å². The zero-order chi connectivity index (χ0) is 16.1. The molecule has 1 aromatic heterocycles. The van der Waals surface area contributed by atoms with Gasteiger partial charge in [0.25, 0.3) is 0 Å². The van der Waals surface area contributed by atoms with Crippen LogP contribution in [-0.2, 0) is 16.1 Å². The molecule has 0 aliphatic carbocycles. The zero-order valence-corrected chi connectivity index (χ0v) is 13.7. The van der Waals surface area contributed by atoms with Crippen LogP contribution in [0.25, 0.3) is 0 Å². The van der Waals surface area contributed by atoms with Crippen molar-refractivity contribution >= 4 is 11.9 Å². The van der Waals surface area contributed by atoms with Gasteiger partial charge in [-0.25, -0.2) is 9.97 Å². The molecule has 0 unspecified atom stereocenters. The zero-order valence-electron chi connectivity index (χ0n) is 13.7. The maximum Gasteiger partial charge on any atom is 0.222 e. The number of hydrogen-bond acceptors (Lipinski definition) is 6. The van der Waals surface area contributed by atoms with Crippen LogP contribution in [0.3, 0.4) is 0 Å². The van der Waals surface area contributed by atoms with Crippen LogP contribution in [0.4, 0.5) is 5.95 Å². The molecule has 0 bridgehead atoms. The Morgan fingerprint density at radius 1 is 1.41 bits per heavy atom. The van der Waals surface area contributed by atoms with Gasteiger partial charge in [-0.15, -0.1) is 0 Å². The second kappa shape index (κ2) is 7.51. The summed E-state index contributed by atoms with van der Waals surface area (Å²) in [6.07, 6.45) is 4.29. The minimum absolute atomic E-state index is 0.0985. The average Bonchev–Trinajstić information content (AvgIpc) is 2.89. The molecular formula is C15H25N5O2. The number of ether oxygens (including phenoxy) is 1. The molecular weight excluding hydrogens is 282 g/mol. The first-order chi connectivity index (χ1) is 10.5. The molecule has 1 amide bonds. The van der Waals surface area contributed by atoms with E-state index in [-0.39, 0.29) is 17.9 Å². The van der Waals surface area contributed by atoms with Crippen molar-refractivity contribution in [2.75, 3.05) is 46.7 Å². The van der Waals surface area contributed by atoms with E-state index in [0.29, 0.717) is 12.4 Å². The van der Waals surface area contributed by atoms with Crippen molar-refractivity contribution in [3.05, 3.63) is 18.0 Å². The Bertz CT molecular complexity index is 491. The second-order valence-electron chi connectivity index (χ2n) is 5.89. The SMILES string of the molecule is CNc1ncc(CN2C[C@H](CC(=O)N(C)C)[C@@H](OC)C2)cn1. The van der Waals surface area contributed by atoms with Crippen molar-refractivity contribution in [1.82, 2.24) is 19.8 Å². The number of methoxy groups -OCH3 is 1. The highest BCUT2D eigenvalue weighted by molar-refractivity contribution is 5.75. The van der Waals surface area contributed by atoms with Crippen LogP contribution in [0.15, 0.2) is 12.4 Å². The first kappa shape index (κ1) is 16.6. The lowest BCUT2D eigenvalue weighted by atomic mass is 10.0. The van der Waals surface area contributed by atoms with Crippen LogP contribution in [0.1, 0.15) is 12.0 Å². The van der Waals surface area contributed by atoms with Gasteiger partial charge in [0.1, 0.15) is 0 Å². The van der Waals surface area contributed by atoms with E-state index in [9.17, 15) is 4.79 Å². The number of nitrogens with zero attached hydrogens (tertiary/aromatic N) is 4. The molecule has 1 saturated heterocycles. The first-order valence-corrected chi connectivity index (χ1v) is 7.47. The van der Waals surface area contributed by atoms with Crippen molar-refractivity contribution in [3.8, 4) is 0 Å². The maximum absolute atomic E-state index is 11.9. The summed E-state index contributed by atoms with van der Waals surface area (Å²) in [6.45, 7) is 2.46. The number of amides is 1. The van der Waals surface area contributed by atoms with Crippen LogP contribution in [0.2, 0.25) is 0 Å². The largest absolute Gasteiger partial charge is 0.380 e. The molecule has 1 aliphatic heterocycles. The molecule has 122 valence electrons. The van der Waals surface area contributed by atoms with E-state index in [1.165, 1.54) is 0 Å². The molecule has 0 aromatic carbocycles. The molecule has 2 atom stereocenters. The number of rotatable bonds is 6. The molecule has 1 aromatic rings. The lowest BCUT2D eigenvalue weighted by Crippen LogP contribution is -2.29. The van der Waals surface area contributed by atoms with E-state index < -0.39 is 0 Å². The molecule has 22 heavy (non-hydrogen) atoms. The number of carbonyl (C=O) groups excluding carboxylic acids is 1. The standard InChI is InChI=1S/C15H25N5O2/c1-16-15-17-6-11(7-18-15)8-20-9-12(13(10-20)22-4)5-14(21)19(2)3/h6-7,12-13H,5,8-10H2,1-4H3,(H,16,17,18)/t12-,13-/m0/s1. The van der Waals surface area contributed by atoms with Gasteiger partial charge in [0.2, 0.25) is 11.9 Å². The minimum Gasteiger partial charge on any atom is -0.380 e. The summed E-state index contributed by atoms with van der Waals surface area (Å²) in [7, 11) is 7.09. The highest BCUT2D eigenvalue weighted by atomic mass is 16.5. The Hall–Kier alpha value is -1.73. The van der Waals surface area contributed by atoms with Crippen molar-refractivity contribution < 1.29 is 9.53 Å². The lowest BCUT2D eigenvalue weighted by Gasteiger charge is -2.18. The van der Waals surface area contributed by atoms with Gasteiger partial charge in [-0.1, -0.05) is 0 Å². The van der Waals surface area contributed by atoms with E-state index in [4.69, 9.17) is 4.74 Å². The average molecular weight is 307 g/mol. The number of carbonyl (C=O) groups is 1. The number of nitrogens with one attached hydrogen (secondary N) is 1. The Kier molecular flexibility index (Phi) is 5.68. The Labute approximate surface area is 131 Å². The van der Waals surface area contributed by atoms with Crippen molar-refractivity contribution in [1.29, 1.82) is 0 Å². The summed E-state index contributed by atoms with van der Waals surface area (Å²) >= 11 is 0. The first-order valence-electron chi connectivity index (χ1n) is 7.47. The molecule has 1 N–H and O–H groups in total. The van der Waals surface area contributed by atoms with E-state index >= 15 is 0 Å². The van der Waals surface area contributed by atoms with Gasteiger partial charge in [0, 0.05) is 78.2 Å². The monoisotopic (exact) mass is 307 g/mol. The van der Waals surface area contributed by atoms with Crippen LogP contribution >= 0.6 is 0 Å². The molecule has 1 aliphatic rings. The number of hydrogen-bond donors (Lipinski definition) is 1. The predicted octanol–water partition coefficient (Wildman–Crippen LogP) is 0.443. The fraction of sp³-hybridized carbons (Fsp3) is 0.667. The van der Waals surface area contributed by atoms with E-state index in [1.54, 1.807) is 33.2 Å². The summed E-state index contributed by atoms with van der Waals surface area (Å²) in [5.74, 6) is 1.00. The molecule has 1 fully saturated rings.